The molecule has 3 unspecified atom stereocenters. The van der Waals surface area contributed by atoms with Crippen molar-refractivity contribution in [3.8, 4) is 0 Å². The minimum absolute atomic E-state index is 0.155. The molecule has 0 amide bonds. The van der Waals surface area contributed by atoms with Crippen molar-refractivity contribution in [3.63, 3.8) is 0 Å². The van der Waals surface area contributed by atoms with Crippen LogP contribution in [-0.4, -0.2) is 24.8 Å². The standard InChI is InChI=1S/C16H31NO/c1-4-13(5-2)15-16(18-12-11-17-15)10-8-7-9-14(16)6-3/h13-15,17H,4-12H2,1-3H3. The molecule has 0 bridgehead atoms. The average molecular weight is 253 g/mol. The second-order valence-electron chi connectivity index (χ2n) is 6.16. The van der Waals surface area contributed by atoms with Crippen molar-refractivity contribution < 1.29 is 4.74 Å². The third kappa shape index (κ3) is 2.46. The largest absolute Gasteiger partial charge is 0.372 e. The molecule has 0 aromatic heterocycles. The van der Waals surface area contributed by atoms with Crippen molar-refractivity contribution in [1.82, 2.24) is 5.32 Å². The second-order valence-corrected chi connectivity index (χ2v) is 6.16. The Morgan fingerprint density at radius 3 is 2.67 bits per heavy atom. The molecule has 0 aromatic rings. The van der Waals surface area contributed by atoms with Gasteiger partial charge in [0.1, 0.15) is 0 Å². The van der Waals surface area contributed by atoms with E-state index in [-0.39, 0.29) is 5.60 Å². The molecular weight excluding hydrogens is 222 g/mol. The Bertz CT molecular complexity index is 245. The molecule has 3 atom stereocenters. The molecular formula is C16H31NO. The molecule has 2 rings (SSSR count). The van der Waals surface area contributed by atoms with E-state index in [1.165, 1.54) is 44.9 Å². The van der Waals surface area contributed by atoms with Crippen LogP contribution in [0.1, 0.15) is 65.7 Å². The van der Waals surface area contributed by atoms with Gasteiger partial charge in [0.25, 0.3) is 0 Å². The van der Waals surface area contributed by atoms with Gasteiger partial charge in [0.2, 0.25) is 0 Å². The third-order valence-electron chi connectivity index (χ3n) is 5.44. The Labute approximate surface area is 113 Å². The van der Waals surface area contributed by atoms with Crippen LogP contribution in [-0.2, 0) is 4.74 Å². The first-order chi connectivity index (χ1) is 8.78. The van der Waals surface area contributed by atoms with Gasteiger partial charge in [0.15, 0.2) is 0 Å². The Hall–Kier alpha value is -0.0800. The first-order valence-corrected chi connectivity index (χ1v) is 8.15. The van der Waals surface area contributed by atoms with E-state index < -0.39 is 0 Å². The number of rotatable bonds is 4. The van der Waals surface area contributed by atoms with Gasteiger partial charge in [-0.25, -0.2) is 0 Å². The zero-order valence-corrected chi connectivity index (χ0v) is 12.5. The smallest absolute Gasteiger partial charge is 0.0865 e. The highest BCUT2D eigenvalue weighted by Gasteiger charge is 2.50. The average Bonchev–Trinajstić information content (AvgIpc) is 2.43. The predicted octanol–water partition coefficient (Wildman–Crippen LogP) is 3.75. The highest BCUT2D eigenvalue weighted by atomic mass is 16.5. The van der Waals surface area contributed by atoms with E-state index in [1.54, 1.807) is 0 Å². The normalized spacial score (nSPS) is 37.3. The molecule has 1 heterocycles. The molecule has 2 nitrogen and oxygen atoms in total. The van der Waals surface area contributed by atoms with Crippen molar-refractivity contribution in [2.75, 3.05) is 13.2 Å². The van der Waals surface area contributed by atoms with E-state index in [4.69, 9.17) is 4.74 Å². The van der Waals surface area contributed by atoms with Crippen LogP contribution in [0.5, 0.6) is 0 Å². The lowest BCUT2D eigenvalue weighted by atomic mass is 9.65. The summed E-state index contributed by atoms with van der Waals surface area (Å²) in [6, 6.07) is 0.589. The molecule has 1 saturated heterocycles. The molecule has 1 saturated carbocycles. The molecule has 1 aliphatic carbocycles. The number of hydrogen-bond acceptors (Lipinski definition) is 2. The Kier molecular flexibility index (Phi) is 5.08. The van der Waals surface area contributed by atoms with Gasteiger partial charge in [0.05, 0.1) is 12.2 Å². The number of morpholine rings is 1. The van der Waals surface area contributed by atoms with Crippen LogP contribution in [0, 0.1) is 11.8 Å². The van der Waals surface area contributed by atoms with Crippen LogP contribution in [0.3, 0.4) is 0 Å². The Balaban J connectivity index is 2.23. The summed E-state index contributed by atoms with van der Waals surface area (Å²) in [4.78, 5) is 0. The number of ether oxygens (including phenoxy) is 1. The lowest BCUT2D eigenvalue weighted by Gasteiger charge is -2.54. The third-order valence-corrected chi connectivity index (χ3v) is 5.44. The summed E-state index contributed by atoms with van der Waals surface area (Å²) in [6.45, 7) is 8.97. The summed E-state index contributed by atoms with van der Waals surface area (Å²) >= 11 is 0. The van der Waals surface area contributed by atoms with Crippen LogP contribution < -0.4 is 5.32 Å². The van der Waals surface area contributed by atoms with E-state index in [2.05, 4.69) is 26.1 Å². The van der Waals surface area contributed by atoms with Crippen LogP contribution >= 0.6 is 0 Å². The summed E-state index contributed by atoms with van der Waals surface area (Å²) in [5.41, 5.74) is 0.155. The maximum atomic E-state index is 6.44. The molecule has 0 aromatic carbocycles. The molecule has 1 spiro atoms. The highest BCUT2D eigenvalue weighted by Crippen LogP contribution is 2.45. The lowest BCUT2D eigenvalue weighted by Crippen LogP contribution is -2.65. The Morgan fingerprint density at radius 1 is 1.22 bits per heavy atom. The maximum absolute atomic E-state index is 6.44. The van der Waals surface area contributed by atoms with Crippen molar-refractivity contribution in [2.24, 2.45) is 11.8 Å². The molecule has 2 heteroatoms. The topological polar surface area (TPSA) is 21.3 Å². The number of hydrogen-bond donors (Lipinski definition) is 1. The molecule has 1 aliphatic heterocycles. The van der Waals surface area contributed by atoms with E-state index in [9.17, 15) is 0 Å². The van der Waals surface area contributed by atoms with Crippen LogP contribution in [0.25, 0.3) is 0 Å². The lowest BCUT2D eigenvalue weighted by molar-refractivity contribution is -0.164. The van der Waals surface area contributed by atoms with Gasteiger partial charge >= 0.3 is 0 Å². The summed E-state index contributed by atoms with van der Waals surface area (Å²) < 4.78 is 6.44. The molecule has 2 aliphatic rings. The van der Waals surface area contributed by atoms with Crippen LogP contribution in [0.15, 0.2) is 0 Å². The van der Waals surface area contributed by atoms with Gasteiger partial charge in [-0.2, -0.15) is 0 Å². The van der Waals surface area contributed by atoms with E-state index in [0.29, 0.717) is 6.04 Å². The quantitative estimate of drug-likeness (QED) is 0.824. The van der Waals surface area contributed by atoms with Crippen molar-refractivity contribution >= 4 is 0 Å². The Morgan fingerprint density at radius 2 is 2.00 bits per heavy atom. The highest BCUT2D eigenvalue weighted by molar-refractivity contribution is 5.04. The zero-order chi connectivity index (χ0) is 13.0. The van der Waals surface area contributed by atoms with E-state index in [0.717, 1.165) is 25.0 Å². The summed E-state index contributed by atoms with van der Waals surface area (Å²) in [5.74, 6) is 1.54. The fraction of sp³-hybridized carbons (Fsp3) is 1.00. The SMILES string of the molecule is CCC(CC)C1NCCOC12CCCCC2CC. The first-order valence-electron chi connectivity index (χ1n) is 8.15. The van der Waals surface area contributed by atoms with Gasteiger partial charge in [-0.1, -0.05) is 52.9 Å². The summed E-state index contributed by atoms with van der Waals surface area (Å²) in [6.07, 6.45) is 9.23. The van der Waals surface area contributed by atoms with Gasteiger partial charge in [-0.3, -0.25) is 0 Å². The zero-order valence-electron chi connectivity index (χ0n) is 12.5. The fourth-order valence-electron chi connectivity index (χ4n) is 4.43. The molecule has 106 valence electrons. The van der Waals surface area contributed by atoms with Gasteiger partial charge in [-0.15, -0.1) is 0 Å². The molecule has 0 radical (unpaired) electrons. The van der Waals surface area contributed by atoms with Crippen molar-refractivity contribution in [2.45, 2.75) is 77.4 Å². The van der Waals surface area contributed by atoms with Crippen molar-refractivity contribution in [1.29, 1.82) is 0 Å². The molecule has 2 fully saturated rings. The van der Waals surface area contributed by atoms with Gasteiger partial charge < -0.3 is 10.1 Å². The number of nitrogens with one attached hydrogen (secondary N) is 1. The maximum Gasteiger partial charge on any atom is 0.0865 e. The van der Waals surface area contributed by atoms with Crippen LogP contribution in [0.2, 0.25) is 0 Å². The molecule has 1 N–H and O–H groups in total. The monoisotopic (exact) mass is 253 g/mol. The minimum atomic E-state index is 0.155. The van der Waals surface area contributed by atoms with E-state index >= 15 is 0 Å². The van der Waals surface area contributed by atoms with E-state index in [1.807, 2.05) is 0 Å². The summed E-state index contributed by atoms with van der Waals surface area (Å²) in [7, 11) is 0. The van der Waals surface area contributed by atoms with Gasteiger partial charge in [-0.05, 0) is 24.7 Å². The minimum Gasteiger partial charge on any atom is -0.372 e. The summed E-state index contributed by atoms with van der Waals surface area (Å²) in [5, 5.41) is 3.82. The fourth-order valence-corrected chi connectivity index (χ4v) is 4.43. The first kappa shape index (κ1) is 14.3. The predicted molar refractivity (Wildman–Crippen MR) is 76.8 cm³/mol. The molecule has 18 heavy (non-hydrogen) atoms. The van der Waals surface area contributed by atoms with Crippen LogP contribution in [0.4, 0.5) is 0 Å². The second kappa shape index (κ2) is 6.38. The van der Waals surface area contributed by atoms with Crippen molar-refractivity contribution in [3.05, 3.63) is 0 Å². The van der Waals surface area contributed by atoms with Gasteiger partial charge in [0, 0.05) is 12.6 Å².